The molecule has 0 spiro atoms. The molecule has 1 N–H and O–H groups in total. The number of pyridine rings is 1. The lowest BCUT2D eigenvalue weighted by Gasteiger charge is -2.09. The minimum atomic E-state index is -0.518. The van der Waals surface area contributed by atoms with Gasteiger partial charge in [-0.3, -0.25) is 4.98 Å². The number of nitrogens with zero attached hydrogens (tertiary/aromatic N) is 3. The molecule has 0 saturated heterocycles. The molecule has 5 nitrogen and oxygen atoms in total. The van der Waals surface area contributed by atoms with Gasteiger partial charge in [-0.25, -0.2) is 9.07 Å². The van der Waals surface area contributed by atoms with E-state index in [4.69, 9.17) is 16.3 Å². The molecule has 152 valence electrons. The predicted octanol–water partition coefficient (Wildman–Crippen LogP) is 5.83. The Morgan fingerprint density at radius 2 is 1.87 bits per heavy atom. The highest BCUT2D eigenvalue weighted by atomic mass is 35.5. The van der Waals surface area contributed by atoms with Gasteiger partial charge in [0.05, 0.1) is 35.3 Å². The number of benzene rings is 2. The van der Waals surface area contributed by atoms with Crippen molar-refractivity contribution in [3.63, 3.8) is 0 Å². The molecule has 30 heavy (non-hydrogen) atoms. The highest BCUT2D eigenvalue weighted by molar-refractivity contribution is 6.31. The van der Waals surface area contributed by atoms with Crippen LogP contribution in [0.25, 0.3) is 5.69 Å². The van der Waals surface area contributed by atoms with Crippen molar-refractivity contribution in [2.75, 3.05) is 5.32 Å². The van der Waals surface area contributed by atoms with Gasteiger partial charge in [-0.1, -0.05) is 48.0 Å². The molecule has 0 aliphatic rings. The first-order valence-corrected chi connectivity index (χ1v) is 9.82. The van der Waals surface area contributed by atoms with Crippen molar-refractivity contribution < 1.29 is 9.13 Å². The molecular formula is C23H20ClFN4O. The first kappa shape index (κ1) is 20.1. The smallest absolute Gasteiger partial charge is 0.165 e. The normalized spacial score (nSPS) is 10.9. The van der Waals surface area contributed by atoms with Gasteiger partial charge in [0.1, 0.15) is 0 Å². The summed E-state index contributed by atoms with van der Waals surface area (Å²) in [5, 5.41) is 7.66. The molecule has 0 aliphatic heterocycles. The van der Waals surface area contributed by atoms with E-state index in [2.05, 4.69) is 15.4 Å². The molecule has 0 aliphatic carbocycles. The van der Waals surface area contributed by atoms with E-state index in [1.54, 1.807) is 23.0 Å². The lowest BCUT2D eigenvalue weighted by molar-refractivity contribution is 0.103. The molecule has 0 atom stereocenters. The van der Waals surface area contributed by atoms with E-state index < -0.39 is 5.82 Å². The van der Waals surface area contributed by atoms with Crippen LogP contribution in [0.4, 0.5) is 15.9 Å². The number of aryl methyl sites for hydroxylation is 1. The van der Waals surface area contributed by atoms with Crippen molar-refractivity contribution in [3.8, 4) is 5.69 Å². The summed E-state index contributed by atoms with van der Waals surface area (Å²) in [7, 11) is 0. The molecule has 0 bridgehead atoms. The predicted molar refractivity (Wildman–Crippen MR) is 116 cm³/mol. The third-order valence-electron chi connectivity index (χ3n) is 4.48. The number of halogens is 2. The number of nitrogens with one attached hydrogen (secondary N) is 1. The van der Waals surface area contributed by atoms with Crippen LogP contribution in [-0.2, 0) is 18.0 Å². The Labute approximate surface area is 179 Å². The van der Waals surface area contributed by atoms with E-state index in [0.717, 1.165) is 22.6 Å². The molecular weight excluding hydrogens is 403 g/mol. The third-order valence-corrected chi connectivity index (χ3v) is 4.78. The standard InChI is InChI=1S/C23H20ClFN4O/c1-16-12-18(10-11-26-16)29-19(15-30-14-17-6-3-2-4-7-17)13-22(28-29)27-21-9-5-8-20(24)23(21)25/h2-13H,14-15H2,1H3,(H,27,28). The first-order valence-electron chi connectivity index (χ1n) is 9.45. The Balaban J connectivity index is 1.60. The molecule has 0 radical (unpaired) electrons. The minimum absolute atomic E-state index is 0.0515. The van der Waals surface area contributed by atoms with E-state index in [9.17, 15) is 4.39 Å². The van der Waals surface area contributed by atoms with Gasteiger partial charge < -0.3 is 10.1 Å². The van der Waals surface area contributed by atoms with Crippen LogP contribution in [0.2, 0.25) is 5.02 Å². The monoisotopic (exact) mass is 422 g/mol. The minimum Gasteiger partial charge on any atom is -0.370 e. The average molecular weight is 423 g/mol. The van der Waals surface area contributed by atoms with Crippen LogP contribution in [0.3, 0.4) is 0 Å². The van der Waals surface area contributed by atoms with Gasteiger partial charge in [-0.05, 0) is 36.8 Å². The average Bonchev–Trinajstić information content (AvgIpc) is 3.15. The summed E-state index contributed by atoms with van der Waals surface area (Å²) >= 11 is 5.89. The van der Waals surface area contributed by atoms with Crippen molar-refractivity contribution in [2.24, 2.45) is 0 Å². The molecule has 4 rings (SSSR count). The highest BCUT2D eigenvalue weighted by Gasteiger charge is 2.13. The van der Waals surface area contributed by atoms with Crippen LogP contribution < -0.4 is 5.32 Å². The molecule has 0 unspecified atom stereocenters. The zero-order valence-corrected chi connectivity index (χ0v) is 17.1. The summed E-state index contributed by atoms with van der Waals surface area (Å²) in [4.78, 5) is 4.24. The fraction of sp³-hybridized carbons (Fsp3) is 0.130. The number of rotatable bonds is 7. The maximum Gasteiger partial charge on any atom is 0.165 e. The molecule has 0 saturated carbocycles. The van der Waals surface area contributed by atoms with Gasteiger partial charge >= 0.3 is 0 Å². The summed E-state index contributed by atoms with van der Waals surface area (Å²) in [5.74, 6) is -0.0284. The van der Waals surface area contributed by atoms with Crippen LogP contribution >= 0.6 is 11.6 Å². The van der Waals surface area contributed by atoms with Crippen LogP contribution in [0, 0.1) is 12.7 Å². The Morgan fingerprint density at radius 1 is 1.03 bits per heavy atom. The Morgan fingerprint density at radius 3 is 2.67 bits per heavy atom. The zero-order valence-electron chi connectivity index (χ0n) is 16.3. The number of aromatic nitrogens is 3. The molecule has 2 aromatic heterocycles. The van der Waals surface area contributed by atoms with E-state index in [0.29, 0.717) is 19.0 Å². The van der Waals surface area contributed by atoms with Crippen LogP contribution in [0.1, 0.15) is 17.0 Å². The number of hydrogen-bond acceptors (Lipinski definition) is 4. The zero-order chi connectivity index (χ0) is 20.9. The van der Waals surface area contributed by atoms with E-state index in [1.807, 2.05) is 55.5 Å². The second kappa shape index (κ2) is 9.07. The van der Waals surface area contributed by atoms with Gasteiger partial charge in [0.25, 0.3) is 0 Å². The van der Waals surface area contributed by atoms with Crippen LogP contribution in [0.5, 0.6) is 0 Å². The maximum absolute atomic E-state index is 14.3. The molecule has 7 heteroatoms. The highest BCUT2D eigenvalue weighted by Crippen LogP contribution is 2.26. The Hall–Kier alpha value is -3.22. The largest absolute Gasteiger partial charge is 0.370 e. The second-order valence-corrected chi connectivity index (χ2v) is 7.20. The molecule has 0 fully saturated rings. The maximum atomic E-state index is 14.3. The SMILES string of the molecule is Cc1cc(-n2nc(Nc3cccc(Cl)c3F)cc2COCc2ccccc2)ccn1. The number of ether oxygens (including phenoxy) is 1. The van der Waals surface area contributed by atoms with Crippen molar-refractivity contribution >= 4 is 23.1 Å². The first-order chi connectivity index (χ1) is 14.6. The van der Waals surface area contributed by atoms with Gasteiger partial charge in [0.2, 0.25) is 0 Å². The van der Waals surface area contributed by atoms with Crippen molar-refractivity contribution in [3.05, 3.63) is 101 Å². The van der Waals surface area contributed by atoms with E-state index in [-0.39, 0.29) is 10.7 Å². The Bertz CT molecular complexity index is 1150. The number of anilines is 2. The quantitative estimate of drug-likeness (QED) is 0.407. The second-order valence-electron chi connectivity index (χ2n) is 6.79. The Kier molecular flexibility index (Phi) is 6.07. The van der Waals surface area contributed by atoms with Gasteiger partial charge in [0.15, 0.2) is 11.6 Å². The van der Waals surface area contributed by atoms with Gasteiger partial charge in [-0.15, -0.1) is 5.10 Å². The van der Waals surface area contributed by atoms with Crippen molar-refractivity contribution in [2.45, 2.75) is 20.1 Å². The molecule has 4 aromatic rings. The van der Waals surface area contributed by atoms with Crippen LogP contribution in [-0.4, -0.2) is 14.8 Å². The van der Waals surface area contributed by atoms with Crippen molar-refractivity contribution in [1.29, 1.82) is 0 Å². The van der Waals surface area contributed by atoms with E-state index >= 15 is 0 Å². The lowest BCUT2D eigenvalue weighted by Crippen LogP contribution is -2.05. The van der Waals surface area contributed by atoms with Crippen molar-refractivity contribution in [1.82, 2.24) is 14.8 Å². The topological polar surface area (TPSA) is 52.0 Å². The van der Waals surface area contributed by atoms with Crippen LogP contribution in [0.15, 0.2) is 72.9 Å². The lowest BCUT2D eigenvalue weighted by atomic mass is 10.2. The fourth-order valence-corrected chi connectivity index (χ4v) is 3.23. The summed E-state index contributed by atoms with van der Waals surface area (Å²) in [6, 6.07) is 20.4. The molecule has 0 amide bonds. The van der Waals surface area contributed by atoms with Gasteiger partial charge in [0, 0.05) is 18.0 Å². The summed E-state index contributed by atoms with van der Waals surface area (Å²) in [6.45, 7) is 2.73. The molecule has 2 heterocycles. The van der Waals surface area contributed by atoms with Gasteiger partial charge in [-0.2, -0.15) is 0 Å². The molecule has 2 aromatic carbocycles. The summed E-state index contributed by atoms with van der Waals surface area (Å²) < 4.78 is 22.0. The van der Waals surface area contributed by atoms with E-state index in [1.165, 1.54) is 6.07 Å². The fourth-order valence-electron chi connectivity index (χ4n) is 3.06. The summed E-state index contributed by atoms with van der Waals surface area (Å²) in [5.41, 5.74) is 3.88. The number of hydrogen-bond donors (Lipinski definition) is 1. The third kappa shape index (κ3) is 4.67. The summed E-state index contributed by atoms with van der Waals surface area (Å²) in [6.07, 6.45) is 1.73.